The van der Waals surface area contributed by atoms with Crippen LogP contribution in [-0.2, 0) is 4.79 Å². The number of hydrogen-bond acceptors (Lipinski definition) is 2. The van der Waals surface area contributed by atoms with Gasteiger partial charge in [0, 0.05) is 11.1 Å². The Kier molecular flexibility index (Phi) is 3.26. The first-order valence-corrected chi connectivity index (χ1v) is 7.36. The number of carbonyl (C=O) groups is 1. The first-order valence-electron chi connectivity index (χ1n) is 7.36. The molecule has 3 nitrogen and oxygen atoms in total. The average molecular weight is 290 g/mol. The minimum atomic E-state index is -0.448. The minimum Gasteiger partial charge on any atom is -0.326 e. The summed E-state index contributed by atoms with van der Waals surface area (Å²) in [5, 5.41) is 12.5. The Morgan fingerprint density at radius 3 is 2.45 bits per heavy atom. The van der Waals surface area contributed by atoms with Crippen LogP contribution in [0.15, 0.2) is 42.5 Å². The molecular weight excluding hydrogens is 272 g/mol. The van der Waals surface area contributed by atoms with Crippen molar-refractivity contribution in [2.24, 2.45) is 5.41 Å². The van der Waals surface area contributed by atoms with E-state index in [2.05, 4.69) is 11.4 Å². The normalized spacial score (nSPS) is 15.6. The van der Waals surface area contributed by atoms with E-state index >= 15 is 0 Å². The van der Waals surface area contributed by atoms with Gasteiger partial charge in [0.2, 0.25) is 5.91 Å². The number of fused-ring (bicyclic) bond motifs is 3. The van der Waals surface area contributed by atoms with Crippen molar-refractivity contribution in [1.29, 1.82) is 5.26 Å². The van der Waals surface area contributed by atoms with E-state index in [0.717, 1.165) is 27.9 Å². The van der Waals surface area contributed by atoms with Crippen LogP contribution in [0.5, 0.6) is 0 Å². The van der Waals surface area contributed by atoms with Crippen LogP contribution in [0.1, 0.15) is 37.8 Å². The molecule has 2 aromatic carbocycles. The summed E-state index contributed by atoms with van der Waals surface area (Å²) in [6.07, 6.45) is 0. The molecule has 1 unspecified atom stereocenters. The van der Waals surface area contributed by atoms with Crippen LogP contribution in [0, 0.1) is 16.7 Å². The Balaban J connectivity index is 2.01. The van der Waals surface area contributed by atoms with Gasteiger partial charge in [-0.2, -0.15) is 5.26 Å². The number of rotatable bonds is 1. The predicted octanol–water partition coefficient (Wildman–Crippen LogP) is 4.31. The second kappa shape index (κ2) is 4.99. The van der Waals surface area contributed by atoms with Crippen LogP contribution in [0.3, 0.4) is 0 Å². The van der Waals surface area contributed by atoms with Crippen molar-refractivity contribution in [2.45, 2.75) is 26.7 Å². The molecule has 22 heavy (non-hydrogen) atoms. The SMILES string of the molecule is CC(C)(C)C(=O)Nc1ccc2c(c1)C(C#N)c1ccccc1-2. The molecule has 3 rings (SSSR count). The Bertz CT molecular complexity index is 794. The van der Waals surface area contributed by atoms with Gasteiger partial charge in [0.1, 0.15) is 0 Å². The van der Waals surface area contributed by atoms with Crippen LogP contribution < -0.4 is 5.32 Å². The molecule has 110 valence electrons. The smallest absolute Gasteiger partial charge is 0.229 e. The van der Waals surface area contributed by atoms with Crippen LogP contribution in [0.2, 0.25) is 0 Å². The topological polar surface area (TPSA) is 52.9 Å². The van der Waals surface area contributed by atoms with E-state index in [1.54, 1.807) is 0 Å². The van der Waals surface area contributed by atoms with Crippen molar-refractivity contribution in [2.75, 3.05) is 5.32 Å². The maximum absolute atomic E-state index is 12.1. The maximum atomic E-state index is 12.1. The summed E-state index contributed by atoms with van der Waals surface area (Å²) in [4.78, 5) is 12.1. The van der Waals surface area contributed by atoms with Crippen LogP contribution in [0.4, 0.5) is 5.69 Å². The number of amides is 1. The molecule has 0 saturated heterocycles. The molecule has 2 aromatic rings. The van der Waals surface area contributed by atoms with Gasteiger partial charge < -0.3 is 5.32 Å². The lowest BCUT2D eigenvalue weighted by molar-refractivity contribution is -0.123. The summed E-state index contributed by atoms with van der Waals surface area (Å²) in [5.41, 5.74) is 4.49. The van der Waals surface area contributed by atoms with Crippen LogP contribution in [0.25, 0.3) is 11.1 Å². The molecule has 0 spiro atoms. The monoisotopic (exact) mass is 290 g/mol. The molecule has 0 aromatic heterocycles. The fourth-order valence-corrected chi connectivity index (χ4v) is 2.74. The van der Waals surface area contributed by atoms with E-state index < -0.39 is 5.41 Å². The van der Waals surface area contributed by atoms with Crippen LogP contribution >= 0.6 is 0 Å². The standard InChI is InChI=1S/C19H18N2O/c1-19(2,3)18(22)21-12-8-9-15-13-6-4-5-7-14(13)17(11-20)16(15)10-12/h4-10,17H,1-3H3,(H,21,22). The molecule has 1 atom stereocenters. The van der Waals surface area contributed by atoms with Crippen molar-refractivity contribution in [1.82, 2.24) is 0 Å². The zero-order valence-corrected chi connectivity index (χ0v) is 13.0. The van der Waals surface area contributed by atoms with Crippen molar-refractivity contribution < 1.29 is 4.79 Å². The third-order valence-corrected chi connectivity index (χ3v) is 3.99. The van der Waals surface area contributed by atoms with Gasteiger partial charge in [-0.25, -0.2) is 0 Å². The molecule has 0 radical (unpaired) electrons. The summed E-state index contributed by atoms with van der Waals surface area (Å²) in [7, 11) is 0. The lowest BCUT2D eigenvalue weighted by atomic mass is 9.95. The summed E-state index contributed by atoms with van der Waals surface area (Å²) in [5.74, 6) is -0.297. The number of carbonyl (C=O) groups excluding carboxylic acids is 1. The first kappa shape index (κ1) is 14.3. The lowest BCUT2D eigenvalue weighted by Gasteiger charge is -2.18. The van der Waals surface area contributed by atoms with Gasteiger partial charge >= 0.3 is 0 Å². The van der Waals surface area contributed by atoms with E-state index in [1.807, 2.05) is 63.2 Å². The molecule has 1 aliphatic rings. The largest absolute Gasteiger partial charge is 0.326 e. The molecule has 1 N–H and O–H groups in total. The summed E-state index contributed by atoms with van der Waals surface area (Å²) >= 11 is 0. The van der Waals surface area contributed by atoms with E-state index in [4.69, 9.17) is 0 Å². The highest BCUT2D eigenvalue weighted by Crippen LogP contribution is 2.45. The second-order valence-corrected chi connectivity index (χ2v) is 6.66. The number of hydrogen-bond donors (Lipinski definition) is 1. The van der Waals surface area contributed by atoms with E-state index in [9.17, 15) is 10.1 Å². The highest BCUT2D eigenvalue weighted by molar-refractivity contribution is 5.95. The van der Waals surface area contributed by atoms with E-state index in [-0.39, 0.29) is 11.8 Å². The second-order valence-electron chi connectivity index (χ2n) is 6.66. The molecular formula is C19H18N2O. The number of anilines is 1. The van der Waals surface area contributed by atoms with Crippen molar-refractivity contribution in [3.05, 3.63) is 53.6 Å². The van der Waals surface area contributed by atoms with Gasteiger partial charge in [0.05, 0.1) is 12.0 Å². The molecule has 0 aliphatic heterocycles. The fourth-order valence-electron chi connectivity index (χ4n) is 2.74. The van der Waals surface area contributed by atoms with Gasteiger partial charge in [-0.3, -0.25) is 4.79 Å². The Morgan fingerprint density at radius 1 is 1.09 bits per heavy atom. The van der Waals surface area contributed by atoms with E-state index in [1.165, 1.54) is 0 Å². The molecule has 0 heterocycles. The average Bonchev–Trinajstić information content (AvgIpc) is 2.79. The van der Waals surface area contributed by atoms with E-state index in [0.29, 0.717) is 0 Å². The molecule has 1 aliphatic carbocycles. The zero-order valence-electron chi connectivity index (χ0n) is 13.0. The fraction of sp³-hybridized carbons (Fsp3) is 0.263. The molecule has 0 saturated carbocycles. The highest BCUT2D eigenvalue weighted by Gasteiger charge is 2.29. The van der Waals surface area contributed by atoms with Crippen LogP contribution in [-0.4, -0.2) is 5.91 Å². The van der Waals surface area contributed by atoms with Gasteiger partial charge in [-0.15, -0.1) is 0 Å². The third-order valence-electron chi connectivity index (χ3n) is 3.99. The number of benzene rings is 2. The quantitative estimate of drug-likeness (QED) is 0.851. The van der Waals surface area contributed by atoms with Crippen molar-refractivity contribution >= 4 is 11.6 Å². The van der Waals surface area contributed by atoms with Crippen molar-refractivity contribution in [3.63, 3.8) is 0 Å². The van der Waals surface area contributed by atoms with Gasteiger partial charge in [-0.1, -0.05) is 51.1 Å². The number of nitrogens with one attached hydrogen (secondary N) is 1. The summed E-state index contributed by atoms with van der Waals surface area (Å²) in [6.45, 7) is 5.64. The summed E-state index contributed by atoms with van der Waals surface area (Å²) in [6, 6.07) is 16.2. The Labute approximate surface area is 130 Å². The third kappa shape index (κ3) is 2.27. The number of nitriles is 1. The summed E-state index contributed by atoms with van der Waals surface area (Å²) < 4.78 is 0. The minimum absolute atomic E-state index is 0.0310. The Hall–Kier alpha value is -2.60. The Morgan fingerprint density at radius 2 is 1.77 bits per heavy atom. The predicted molar refractivity (Wildman–Crippen MR) is 87.4 cm³/mol. The molecule has 1 amide bonds. The lowest BCUT2D eigenvalue weighted by Crippen LogP contribution is -2.27. The van der Waals surface area contributed by atoms with Gasteiger partial charge in [0.25, 0.3) is 0 Å². The van der Waals surface area contributed by atoms with Gasteiger partial charge in [-0.05, 0) is 34.4 Å². The maximum Gasteiger partial charge on any atom is 0.229 e. The molecule has 0 fully saturated rings. The molecule has 3 heteroatoms. The van der Waals surface area contributed by atoms with Crippen molar-refractivity contribution in [3.8, 4) is 17.2 Å². The van der Waals surface area contributed by atoms with Gasteiger partial charge in [0.15, 0.2) is 0 Å². The zero-order chi connectivity index (χ0) is 15.9. The highest BCUT2D eigenvalue weighted by atomic mass is 16.2. The number of nitrogens with zero attached hydrogens (tertiary/aromatic N) is 1. The molecule has 0 bridgehead atoms. The first-order chi connectivity index (χ1) is 10.4.